The summed E-state index contributed by atoms with van der Waals surface area (Å²) in [5, 5.41) is 35.5. The SMILES string of the molecule is Cc1ccc(S(=O)(=O)N=S(C)(=O)c2ccc([C@H]3C[C@@]4(C)C(CC[C@@]4(O)C(F)(F)C(F)(F)F)C4CCC5=CC(=O)CCC5=C43)cc2)cc1.Cc1ccc(S(=O)(=O)N=S(C)(=O)c2ccc([C@H]3C[C@@]4(C)C(CC[C@@]4(O)C(F)(F)C(F)(F)F)C4CC[C@@]5(O)CC6(CCC5=C43)OCC(C)(C)CO6)cc2)cc1. The number of sulfonamides is 2. The number of hydrogen-bond acceptors (Lipinski definition) is 12. The zero-order chi connectivity index (χ0) is 73.9. The number of fused-ring (bicyclic) bond motifs is 8. The van der Waals surface area contributed by atoms with E-state index in [0.29, 0.717) is 62.0 Å². The van der Waals surface area contributed by atoms with Crippen LogP contribution in [0.2, 0.25) is 0 Å². The van der Waals surface area contributed by atoms with E-state index in [1.165, 1.54) is 74.9 Å². The molecule has 1 saturated heterocycles. The largest absolute Gasteiger partial charge is 0.456 e. The number of carbonyl (C=O) groups is 1. The number of halogens is 10. The molecule has 0 amide bonds. The molecule has 13 rings (SSSR count). The zero-order valence-electron chi connectivity index (χ0n) is 57.1. The third-order valence-electron chi connectivity index (χ3n) is 24.2. The van der Waals surface area contributed by atoms with E-state index in [-0.39, 0.29) is 88.1 Å². The van der Waals surface area contributed by atoms with Gasteiger partial charge in [-0.3, -0.25) is 4.79 Å². The smallest absolute Gasteiger partial charge is 0.385 e. The van der Waals surface area contributed by atoms with E-state index in [9.17, 15) is 71.7 Å². The molecule has 4 aromatic rings. The Morgan fingerprint density at radius 1 is 0.495 bits per heavy atom. The first-order valence-corrected chi connectivity index (χ1v) is 40.6. The average molecular weight is 1500 g/mol. The quantitative estimate of drug-likeness (QED) is 0.0996. The maximum absolute atomic E-state index is 15.5. The molecule has 0 radical (unpaired) electrons. The summed E-state index contributed by atoms with van der Waals surface area (Å²) in [6.45, 7) is 11.2. The van der Waals surface area contributed by atoms with E-state index in [1.54, 1.807) is 68.5 Å². The minimum Gasteiger partial charge on any atom is -0.385 e. The van der Waals surface area contributed by atoms with Gasteiger partial charge < -0.3 is 24.8 Å². The number of ketones is 1. The van der Waals surface area contributed by atoms with E-state index in [4.69, 9.17) is 9.47 Å². The average Bonchev–Trinajstić information content (AvgIpc) is 1.61. The minimum absolute atomic E-state index is 0.00138. The summed E-state index contributed by atoms with van der Waals surface area (Å²) in [4.78, 5) is 12.2. The van der Waals surface area contributed by atoms with Gasteiger partial charge in [0.15, 0.2) is 11.6 Å². The van der Waals surface area contributed by atoms with Crippen LogP contribution in [0.15, 0.2) is 158 Å². The summed E-state index contributed by atoms with van der Waals surface area (Å²) >= 11 is 0. The van der Waals surface area contributed by atoms with E-state index in [1.807, 2.05) is 13.8 Å². The van der Waals surface area contributed by atoms with Crippen LogP contribution < -0.4 is 0 Å². The lowest BCUT2D eigenvalue weighted by atomic mass is 9.49. The Balaban J connectivity index is 0.000000193. The summed E-state index contributed by atoms with van der Waals surface area (Å²) in [5.74, 6) is -15.5. The second-order valence-electron chi connectivity index (χ2n) is 31.1. The van der Waals surface area contributed by atoms with Gasteiger partial charge in [-0.15, -0.1) is 7.54 Å². The van der Waals surface area contributed by atoms with E-state index in [0.717, 1.165) is 33.4 Å². The molecule has 1 aliphatic heterocycles. The second kappa shape index (κ2) is 24.9. The topological polar surface area (TPSA) is 223 Å². The maximum atomic E-state index is 15.5. The minimum atomic E-state index is -5.99. The zero-order valence-corrected chi connectivity index (χ0v) is 60.4. The summed E-state index contributed by atoms with van der Waals surface area (Å²) < 4.78 is 245. The van der Waals surface area contributed by atoms with Gasteiger partial charge in [-0.1, -0.05) is 98.5 Å². The van der Waals surface area contributed by atoms with Crippen molar-refractivity contribution in [3.63, 3.8) is 0 Å². The lowest BCUT2D eigenvalue weighted by Crippen LogP contribution is -2.65. The Kier molecular flexibility index (Phi) is 18.6. The van der Waals surface area contributed by atoms with E-state index >= 15 is 17.6 Å². The molecule has 1 heterocycles. The second-order valence-corrected chi connectivity index (χ2v) is 39.3. The molecule has 0 aromatic heterocycles. The van der Waals surface area contributed by atoms with Gasteiger partial charge in [0.05, 0.1) is 48.1 Å². The molecule has 101 heavy (non-hydrogen) atoms. The normalized spacial score (nSPS) is 33.0. The van der Waals surface area contributed by atoms with Crippen LogP contribution in [0.25, 0.3) is 0 Å². The van der Waals surface area contributed by atoms with Gasteiger partial charge in [0.25, 0.3) is 20.0 Å². The molecule has 5 saturated carbocycles. The van der Waals surface area contributed by atoms with Crippen molar-refractivity contribution in [3.05, 3.63) is 153 Å². The molecule has 552 valence electrons. The number of aliphatic hydroxyl groups is 3. The highest BCUT2D eigenvalue weighted by molar-refractivity contribution is 8.03. The lowest BCUT2D eigenvalue weighted by Gasteiger charge is -2.59. The monoisotopic (exact) mass is 1500 g/mol. The third kappa shape index (κ3) is 12.5. The fourth-order valence-corrected chi connectivity index (χ4v) is 25.5. The van der Waals surface area contributed by atoms with Gasteiger partial charge in [0, 0.05) is 69.6 Å². The van der Waals surface area contributed by atoms with E-state index < -0.39 is 140 Å². The number of benzene rings is 4. The van der Waals surface area contributed by atoms with Gasteiger partial charge >= 0.3 is 24.2 Å². The summed E-state index contributed by atoms with van der Waals surface area (Å²) in [7, 11) is -15.6. The Labute approximate surface area is 583 Å². The fraction of sp³-hybridized carbons (Fsp3) is 0.575. The number of rotatable bonds is 10. The van der Waals surface area contributed by atoms with Crippen molar-refractivity contribution < 1.29 is 98.7 Å². The predicted molar refractivity (Wildman–Crippen MR) is 356 cm³/mol. The molecule has 3 N–H and O–H groups in total. The Hall–Kier alpha value is -5.33. The third-order valence-corrected chi connectivity index (χ3v) is 32.1. The number of ether oxygens (including phenoxy) is 2. The summed E-state index contributed by atoms with van der Waals surface area (Å²) in [6, 6.07) is 23.9. The maximum Gasteiger partial charge on any atom is 0.456 e. The number of allylic oxidation sites excluding steroid dienone is 5. The lowest BCUT2D eigenvalue weighted by molar-refractivity contribution is -0.362. The number of hydrogen-bond donors (Lipinski definition) is 3. The highest BCUT2D eigenvalue weighted by Gasteiger charge is 2.81. The summed E-state index contributed by atoms with van der Waals surface area (Å²) in [5.41, 5.74) is -5.19. The molecule has 6 unspecified atom stereocenters. The van der Waals surface area contributed by atoms with Crippen LogP contribution in [0.3, 0.4) is 0 Å². The van der Waals surface area contributed by atoms with Gasteiger partial charge in [-0.05, 0) is 197 Å². The van der Waals surface area contributed by atoms with Crippen molar-refractivity contribution in [2.45, 2.75) is 216 Å². The molecule has 6 fully saturated rings. The molecule has 13 atom stereocenters. The molecule has 1 spiro atoms. The Bertz CT molecular complexity index is 4590. The molecule has 4 aromatic carbocycles. The Morgan fingerprint density at radius 3 is 1.33 bits per heavy atom. The van der Waals surface area contributed by atoms with Crippen LogP contribution in [0.1, 0.15) is 158 Å². The first-order valence-electron chi connectivity index (χ1n) is 33.9. The highest BCUT2D eigenvalue weighted by atomic mass is 32.3. The van der Waals surface area contributed by atoms with Crippen LogP contribution in [0.4, 0.5) is 43.9 Å². The van der Waals surface area contributed by atoms with Crippen LogP contribution in [0.5, 0.6) is 0 Å². The molecule has 8 aliphatic carbocycles. The van der Waals surface area contributed by atoms with Crippen molar-refractivity contribution in [1.82, 2.24) is 0 Å². The number of aryl methyl sites for hydroxylation is 2. The predicted octanol–water partition coefficient (Wildman–Crippen LogP) is 15.7. The molecule has 14 nitrogen and oxygen atoms in total. The molecular weight excluding hydrogens is 1420 g/mol. The first-order chi connectivity index (χ1) is 46.5. The van der Waals surface area contributed by atoms with Gasteiger partial charge in [0.1, 0.15) is 11.2 Å². The van der Waals surface area contributed by atoms with Crippen LogP contribution in [0, 0.1) is 53.8 Å². The van der Waals surface area contributed by atoms with Gasteiger partial charge in [-0.2, -0.15) is 60.7 Å². The van der Waals surface area contributed by atoms with Gasteiger partial charge in [0.2, 0.25) is 0 Å². The molecule has 0 bridgehead atoms. The van der Waals surface area contributed by atoms with Crippen molar-refractivity contribution in [1.29, 1.82) is 0 Å². The van der Waals surface area contributed by atoms with Crippen molar-refractivity contribution in [3.8, 4) is 0 Å². The first kappa shape index (κ1) is 75.4. The number of carbonyl (C=O) groups excluding carboxylic acids is 1. The number of alkyl halides is 10. The highest BCUT2D eigenvalue weighted by Crippen LogP contribution is 2.73. The van der Waals surface area contributed by atoms with Crippen LogP contribution in [-0.4, -0.2) is 119 Å². The molecule has 9 aliphatic rings. The van der Waals surface area contributed by atoms with Crippen LogP contribution in [-0.2, 0) is 53.8 Å². The Morgan fingerprint density at radius 2 is 0.901 bits per heavy atom. The van der Waals surface area contributed by atoms with Crippen LogP contribution >= 0.6 is 0 Å². The standard InChI is InChI=1S/C39H48F5NO7S2.C34H36F5NO5S2/c1-24-6-10-27(11-7-24)54(49,50)45-53(5,48)26-12-8-25(9-13-26)29-20-34(4)30(16-19-37(34,47)38(40,41)39(42,43)44)28-14-17-35(46)21-36(18-15-31(35)32(28)29)51-22-33(2,3)23-52-36;1-20-4-10-25(11-5-20)47(44,45)40-46(3,43)24-12-6-21(7-13-24)28-19-31(2)29(16-17-32(31,42)33(35,36)34(37,38)39)27-14-8-22-18-23(41)9-15-26(22)30(27)28/h6-13,28-30,46-47H,14-23H2,1-5H3;4-7,10-13,18,27-29,42H,8-9,14-17,19H2,1-3H3/t28?,29-,30?,34+,35-,37+,53?;27?,28-,29?,31+,32+,46?/m11/s1. The van der Waals surface area contributed by atoms with Crippen molar-refractivity contribution >= 4 is 45.3 Å². The van der Waals surface area contributed by atoms with Gasteiger partial charge in [-0.25, -0.2) is 8.42 Å². The van der Waals surface area contributed by atoms with E-state index in [2.05, 4.69) is 7.54 Å². The molecular formula is C73H84F10N2O12S4. The van der Waals surface area contributed by atoms with Crippen molar-refractivity contribution in [2.24, 2.45) is 47.5 Å². The fourth-order valence-electron chi connectivity index (χ4n) is 18.9. The summed E-state index contributed by atoms with van der Waals surface area (Å²) in [6.07, 6.45) is -6.93. The molecule has 28 heteroatoms. The van der Waals surface area contributed by atoms with Crippen molar-refractivity contribution in [2.75, 3.05) is 25.7 Å². The number of nitrogens with zero attached hydrogens (tertiary/aromatic N) is 2.